The van der Waals surface area contributed by atoms with Crippen molar-refractivity contribution < 1.29 is 29.0 Å². The quantitative estimate of drug-likeness (QED) is 0.487. The van der Waals surface area contributed by atoms with Gasteiger partial charge in [-0.05, 0) is 81.8 Å². The van der Waals surface area contributed by atoms with Crippen LogP contribution in [0.15, 0.2) is 22.8 Å². The molecule has 5 rings (SSSR count). The Morgan fingerprint density at radius 1 is 1.08 bits per heavy atom. The fourth-order valence-corrected chi connectivity index (χ4v) is 6.26. The summed E-state index contributed by atoms with van der Waals surface area (Å²) in [5, 5.41) is 22.9. The minimum Gasteiger partial charge on any atom is -0.481 e. The van der Waals surface area contributed by atoms with Crippen LogP contribution in [0.25, 0.3) is 11.0 Å². The third kappa shape index (κ3) is 7.79. The zero-order valence-corrected chi connectivity index (χ0v) is 22.4. The molecule has 3 aliphatic rings. The molecule has 0 unspecified atom stereocenters. The van der Waals surface area contributed by atoms with E-state index in [1.54, 1.807) is 6.26 Å². The van der Waals surface area contributed by atoms with Crippen molar-refractivity contribution in [2.24, 2.45) is 11.8 Å². The van der Waals surface area contributed by atoms with Gasteiger partial charge in [0.15, 0.2) is 0 Å². The maximum Gasteiger partial charge on any atom is 0.300 e. The minimum absolute atomic E-state index is 0.104. The second-order valence-corrected chi connectivity index (χ2v) is 10.5. The maximum absolute atomic E-state index is 12.8. The van der Waals surface area contributed by atoms with E-state index in [1.807, 2.05) is 0 Å². The number of aryl methyl sites for hydroxylation is 2. The number of carboxylic acid groups (broad SMARTS) is 2. The van der Waals surface area contributed by atoms with E-state index >= 15 is 0 Å². The van der Waals surface area contributed by atoms with Crippen molar-refractivity contribution in [3.8, 4) is 0 Å². The van der Waals surface area contributed by atoms with Crippen molar-refractivity contribution in [3.05, 3.63) is 35.1 Å². The normalized spacial score (nSPS) is 24.5. The molecule has 0 aliphatic carbocycles. The average Bonchev–Trinajstić information content (AvgIpc) is 3.21. The highest BCUT2D eigenvalue weighted by Gasteiger charge is 2.45. The summed E-state index contributed by atoms with van der Waals surface area (Å²) in [5.41, 5.74) is 4.24. The van der Waals surface area contributed by atoms with Gasteiger partial charge in [0, 0.05) is 43.4 Å². The van der Waals surface area contributed by atoms with Crippen molar-refractivity contribution in [1.29, 1.82) is 0 Å². The number of nitrogens with one attached hydrogen (secondary N) is 2. The van der Waals surface area contributed by atoms with Gasteiger partial charge in [0.2, 0.25) is 5.91 Å². The van der Waals surface area contributed by atoms with Crippen LogP contribution in [0.3, 0.4) is 0 Å². The Hall–Kier alpha value is -2.91. The molecule has 1 aromatic heterocycles. The van der Waals surface area contributed by atoms with Crippen molar-refractivity contribution in [1.82, 2.24) is 15.5 Å². The standard InChI is InChI=1S/C24H33N3O2.2C2H4O2/c1-15-7-16(2)24-19(14-29-22(24)8-15)10-23(28)26-13-21-18-9-17(11-25-12-18)20-5-3-4-6-27(20)21;2*1-2(3)4/h7-8,14,17-18,20-21,25H,3-6,9-13H2,1-2H3,(H,26,28);2*1H3,(H,3,4)/t17-,18+,20+,21+;;/m1../s1. The third-order valence-corrected chi connectivity index (χ3v) is 7.48. The molecular formula is C28H41N3O6. The summed E-state index contributed by atoms with van der Waals surface area (Å²) in [4.78, 5) is 33.6. The van der Waals surface area contributed by atoms with Crippen molar-refractivity contribution in [2.75, 3.05) is 26.2 Å². The van der Waals surface area contributed by atoms with Gasteiger partial charge in [-0.25, -0.2) is 0 Å². The first-order chi connectivity index (χ1) is 17.6. The molecule has 3 saturated heterocycles. The topological polar surface area (TPSA) is 132 Å². The van der Waals surface area contributed by atoms with Gasteiger partial charge in [0.05, 0.1) is 12.7 Å². The lowest BCUT2D eigenvalue weighted by Crippen LogP contribution is -2.65. The molecule has 1 aromatic carbocycles. The molecular weight excluding hydrogens is 474 g/mol. The zero-order chi connectivity index (χ0) is 27.1. The highest BCUT2D eigenvalue weighted by atomic mass is 16.4. The molecule has 204 valence electrons. The Kier molecular flexibility index (Phi) is 10.1. The molecule has 2 bridgehead atoms. The van der Waals surface area contributed by atoms with E-state index in [1.165, 1.54) is 49.9 Å². The van der Waals surface area contributed by atoms with Gasteiger partial charge < -0.3 is 25.3 Å². The predicted octanol–water partition coefficient (Wildman–Crippen LogP) is 3.35. The van der Waals surface area contributed by atoms with E-state index in [9.17, 15) is 4.79 Å². The van der Waals surface area contributed by atoms with Gasteiger partial charge in [0.1, 0.15) is 5.58 Å². The summed E-state index contributed by atoms with van der Waals surface area (Å²) in [6, 6.07) is 5.39. The van der Waals surface area contributed by atoms with E-state index < -0.39 is 11.9 Å². The lowest BCUT2D eigenvalue weighted by molar-refractivity contribution is -0.135. The molecule has 0 spiro atoms. The Balaban J connectivity index is 0.000000420. The van der Waals surface area contributed by atoms with Crippen LogP contribution in [0.4, 0.5) is 0 Å². The fourth-order valence-electron chi connectivity index (χ4n) is 6.26. The van der Waals surface area contributed by atoms with Crippen molar-refractivity contribution in [3.63, 3.8) is 0 Å². The van der Waals surface area contributed by atoms with Gasteiger partial charge >= 0.3 is 0 Å². The molecule has 2 aromatic rings. The fraction of sp³-hybridized carbons (Fsp3) is 0.607. The summed E-state index contributed by atoms with van der Waals surface area (Å²) in [7, 11) is 0. The summed E-state index contributed by atoms with van der Waals surface area (Å²) in [6.07, 6.45) is 7.44. The zero-order valence-electron chi connectivity index (χ0n) is 22.4. The van der Waals surface area contributed by atoms with Gasteiger partial charge in [-0.15, -0.1) is 0 Å². The number of fused-ring (bicyclic) bond motifs is 5. The minimum atomic E-state index is -0.833. The van der Waals surface area contributed by atoms with Gasteiger partial charge in [-0.1, -0.05) is 12.5 Å². The number of hydrogen-bond donors (Lipinski definition) is 4. The monoisotopic (exact) mass is 515 g/mol. The largest absolute Gasteiger partial charge is 0.481 e. The number of nitrogens with zero attached hydrogens (tertiary/aromatic N) is 1. The first-order valence-corrected chi connectivity index (χ1v) is 13.2. The van der Waals surface area contributed by atoms with E-state index in [2.05, 4.69) is 41.5 Å². The third-order valence-electron chi connectivity index (χ3n) is 7.48. The Morgan fingerprint density at radius 3 is 2.46 bits per heavy atom. The molecule has 3 aliphatic heterocycles. The van der Waals surface area contributed by atoms with Crippen molar-refractivity contribution in [2.45, 2.75) is 71.9 Å². The van der Waals surface area contributed by atoms with Crippen LogP contribution in [-0.2, 0) is 20.8 Å². The molecule has 0 radical (unpaired) electrons. The van der Waals surface area contributed by atoms with Crippen LogP contribution in [0.2, 0.25) is 0 Å². The summed E-state index contributed by atoms with van der Waals surface area (Å²) in [5.74, 6) is -0.111. The number of carboxylic acids is 2. The second-order valence-electron chi connectivity index (χ2n) is 10.5. The average molecular weight is 516 g/mol. The number of benzene rings is 1. The number of hydrogen-bond acceptors (Lipinski definition) is 6. The molecule has 4 heterocycles. The molecule has 0 saturated carbocycles. The number of aliphatic carboxylic acids is 2. The van der Waals surface area contributed by atoms with E-state index in [0.717, 1.165) is 49.4 Å². The molecule has 9 heteroatoms. The molecule has 37 heavy (non-hydrogen) atoms. The first kappa shape index (κ1) is 28.7. The molecule has 4 atom stereocenters. The van der Waals surface area contributed by atoms with Gasteiger partial charge in [0.25, 0.3) is 11.9 Å². The van der Waals surface area contributed by atoms with Crippen LogP contribution < -0.4 is 10.6 Å². The van der Waals surface area contributed by atoms with Crippen LogP contribution in [0, 0.1) is 25.7 Å². The van der Waals surface area contributed by atoms with Crippen LogP contribution in [0.5, 0.6) is 0 Å². The SMILES string of the molecule is CC(=O)O.CC(=O)O.Cc1cc(C)c2c(CC(=O)NC[C@H]3[C@@H]4CNC[C@@H](C4)[C@@H]4CCCCN43)coc2c1. The number of rotatable bonds is 4. The Labute approximate surface area is 218 Å². The number of carbonyl (C=O) groups is 3. The lowest BCUT2D eigenvalue weighted by Gasteiger charge is -2.55. The first-order valence-electron chi connectivity index (χ1n) is 13.2. The maximum atomic E-state index is 12.8. The smallest absolute Gasteiger partial charge is 0.300 e. The molecule has 1 amide bonds. The van der Waals surface area contributed by atoms with Crippen LogP contribution in [0.1, 0.15) is 56.2 Å². The summed E-state index contributed by atoms with van der Waals surface area (Å²) < 4.78 is 5.73. The summed E-state index contributed by atoms with van der Waals surface area (Å²) in [6.45, 7) is 10.6. The molecule has 9 nitrogen and oxygen atoms in total. The van der Waals surface area contributed by atoms with E-state index in [4.69, 9.17) is 24.2 Å². The highest BCUT2D eigenvalue weighted by molar-refractivity contribution is 5.90. The molecule has 3 fully saturated rings. The van der Waals surface area contributed by atoms with Gasteiger partial charge in [-0.2, -0.15) is 0 Å². The number of amides is 1. The lowest BCUT2D eigenvalue weighted by atomic mass is 9.73. The molecule has 4 N–H and O–H groups in total. The number of carbonyl (C=O) groups excluding carboxylic acids is 1. The Bertz CT molecular complexity index is 1080. The highest BCUT2D eigenvalue weighted by Crippen LogP contribution is 2.38. The number of furan rings is 1. The van der Waals surface area contributed by atoms with Crippen molar-refractivity contribution >= 4 is 28.8 Å². The number of piperidine rings is 3. The van der Waals surface area contributed by atoms with E-state index in [0.29, 0.717) is 24.4 Å². The van der Waals surface area contributed by atoms with Crippen LogP contribution in [-0.4, -0.2) is 71.2 Å². The van der Waals surface area contributed by atoms with Crippen LogP contribution >= 0.6 is 0 Å². The Morgan fingerprint density at radius 2 is 1.76 bits per heavy atom. The predicted molar refractivity (Wildman–Crippen MR) is 142 cm³/mol. The van der Waals surface area contributed by atoms with Gasteiger partial charge in [-0.3, -0.25) is 19.3 Å². The van der Waals surface area contributed by atoms with E-state index in [-0.39, 0.29) is 5.91 Å². The summed E-state index contributed by atoms with van der Waals surface area (Å²) >= 11 is 0. The second kappa shape index (κ2) is 13.1.